The van der Waals surface area contributed by atoms with Crippen LogP contribution in [0.5, 0.6) is 0 Å². The number of carbonyl (C=O) groups is 1. The number of allylic oxidation sites excluding steroid dienone is 4. The highest BCUT2D eigenvalue weighted by Gasteiger charge is 2.57. The zero-order valence-corrected chi connectivity index (χ0v) is 15.7. The molecule has 0 aromatic heterocycles. The maximum atomic E-state index is 11.8. The first-order valence-corrected chi connectivity index (χ1v) is 9.90. The Kier molecular flexibility index (Phi) is 3.98. The maximum absolute atomic E-state index is 11.8. The third-order valence-electron chi connectivity index (χ3n) is 7.81. The molecule has 0 N–H and O–H groups in total. The molecule has 5 atom stereocenters. The molecule has 0 aromatic rings. The molecule has 0 aliphatic heterocycles. The van der Waals surface area contributed by atoms with Gasteiger partial charge in [-0.15, -0.1) is 0 Å². The molecule has 0 aromatic carbocycles. The second-order valence-electron chi connectivity index (χ2n) is 8.65. The molecule has 4 aliphatic carbocycles. The number of rotatable bonds is 2. The monoisotopic (exact) mass is 344 g/mol. The molecule has 0 radical (unpaired) electrons. The van der Waals surface area contributed by atoms with E-state index in [9.17, 15) is 4.79 Å². The minimum absolute atomic E-state index is 0.105. The molecule has 3 fully saturated rings. The molecule has 0 heterocycles. The fourth-order valence-corrected chi connectivity index (χ4v) is 6.95. The summed E-state index contributed by atoms with van der Waals surface area (Å²) in [4.78, 5) is 11.8. The average Bonchev–Trinajstić information content (AvgIpc) is 2.99. The Labute approximate surface area is 150 Å². The largest absolute Gasteiger partial charge is 0.490 e. The second kappa shape index (κ2) is 5.79. The summed E-state index contributed by atoms with van der Waals surface area (Å²) >= 11 is 5.45. The van der Waals surface area contributed by atoms with E-state index in [-0.39, 0.29) is 11.2 Å². The van der Waals surface area contributed by atoms with Crippen LogP contribution in [0.3, 0.4) is 0 Å². The average molecular weight is 345 g/mol. The molecule has 3 saturated carbocycles. The molecule has 0 spiro atoms. The number of carbonyl (C=O) groups excluding carboxylic acids is 1. The quantitative estimate of drug-likeness (QED) is 0.657. The molecule has 130 valence electrons. The summed E-state index contributed by atoms with van der Waals surface area (Å²) in [5, 5.41) is 0.797. The standard InChI is InChI=1S/C21H28O2S/c1-20-10-7-15(22)12-14(20)5-6-16-17(20)8-11-21(13-19(24)23-2)9-3-4-18(16)21/h7,10,12,16-18H,3-6,8-9,11,13H2,1-2H3/t16-,17+,18+,20+,21+/m1/s1. The lowest BCUT2D eigenvalue weighted by Gasteiger charge is -2.56. The summed E-state index contributed by atoms with van der Waals surface area (Å²) in [5.74, 6) is 2.43. The lowest BCUT2D eigenvalue weighted by Crippen LogP contribution is -2.49. The third kappa shape index (κ3) is 2.34. The number of ether oxygens (including phenoxy) is 1. The molecule has 3 heteroatoms. The predicted octanol–water partition coefficient (Wildman–Crippen LogP) is 5.03. The Morgan fingerprint density at radius 2 is 2.12 bits per heavy atom. The van der Waals surface area contributed by atoms with Crippen molar-refractivity contribution in [2.24, 2.45) is 28.6 Å². The lowest BCUT2D eigenvalue weighted by molar-refractivity contribution is -0.111. The Morgan fingerprint density at radius 3 is 2.92 bits per heavy atom. The van der Waals surface area contributed by atoms with Gasteiger partial charge in [0.15, 0.2) is 10.8 Å². The number of hydrogen-bond acceptors (Lipinski definition) is 3. The van der Waals surface area contributed by atoms with E-state index >= 15 is 0 Å². The van der Waals surface area contributed by atoms with E-state index < -0.39 is 0 Å². The minimum atomic E-state index is 0.105. The van der Waals surface area contributed by atoms with Crippen molar-refractivity contribution in [2.75, 3.05) is 7.11 Å². The Balaban J connectivity index is 1.64. The Morgan fingerprint density at radius 1 is 1.29 bits per heavy atom. The van der Waals surface area contributed by atoms with Gasteiger partial charge in [-0.2, -0.15) is 0 Å². The van der Waals surface area contributed by atoms with Gasteiger partial charge in [-0.05, 0) is 86.1 Å². The van der Waals surface area contributed by atoms with E-state index in [1.165, 1.54) is 44.1 Å². The molecular weight excluding hydrogens is 316 g/mol. The number of ketones is 1. The van der Waals surface area contributed by atoms with Crippen LogP contribution in [0, 0.1) is 28.6 Å². The topological polar surface area (TPSA) is 26.3 Å². The maximum Gasteiger partial charge on any atom is 0.178 e. The number of hydrogen-bond donors (Lipinski definition) is 0. The first-order chi connectivity index (χ1) is 11.5. The summed E-state index contributed by atoms with van der Waals surface area (Å²) in [5.41, 5.74) is 1.88. The van der Waals surface area contributed by atoms with Crippen LogP contribution in [-0.2, 0) is 9.53 Å². The van der Waals surface area contributed by atoms with Gasteiger partial charge in [-0.25, -0.2) is 0 Å². The molecule has 0 saturated heterocycles. The van der Waals surface area contributed by atoms with Gasteiger partial charge in [-0.1, -0.05) is 25.0 Å². The molecule has 24 heavy (non-hydrogen) atoms. The number of fused-ring (bicyclic) bond motifs is 5. The predicted molar refractivity (Wildman–Crippen MR) is 99.8 cm³/mol. The highest BCUT2D eigenvalue weighted by molar-refractivity contribution is 7.80. The number of thiocarbonyl (C=S) groups is 1. The summed E-state index contributed by atoms with van der Waals surface area (Å²) in [6, 6.07) is 0. The highest BCUT2D eigenvalue weighted by Crippen LogP contribution is 2.65. The van der Waals surface area contributed by atoms with Crippen LogP contribution in [0.25, 0.3) is 0 Å². The van der Waals surface area contributed by atoms with Crippen molar-refractivity contribution < 1.29 is 9.53 Å². The SMILES string of the molecule is COC(=S)C[C@@]12CCC[C@H]1[C@@H]1CCC3=CC(=O)C=C[C@]3(C)[C@H]1CC2. The van der Waals surface area contributed by atoms with Gasteiger partial charge in [0.1, 0.15) is 0 Å². The summed E-state index contributed by atoms with van der Waals surface area (Å²) in [6.45, 7) is 2.38. The zero-order chi connectivity index (χ0) is 16.9. The first-order valence-electron chi connectivity index (χ1n) is 9.50. The molecule has 4 rings (SSSR count). The lowest BCUT2D eigenvalue weighted by atomic mass is 9.48. The zero-order valence-electron chi connectivity index (χ0n) is 14.8. The molecule has 0 unspecified atom stereocenters. The molecule has 0 amide bonds. The van der Waals surface area contributed by atoms with E-state index in [4.69, 9.17) is 17.0 Å². The van der Waals surface area contributed by atoms with E-state index in [1.54, 1.807) is 7.11 Å². The van der Waals surface area contributed by atoms with Crippen molar-refractivity contribution in [3.63, 3.8) is 0 Å². The van der Waals surface area contributed by atoms with Gasteiger partial charge in [0.25, 0.3) is 0 Å². The van der Waals surface area contributed by atoms with Crippen LogP contribution in [0.15, 0.2) is 23.8 Å². The second-order valence-corrected chi connectivity index (χ2v) is 9.11. The van der Waals surface area contributed by atoms with E-state index in [2.05, 4.69) is 13.0 Å². The molecule has 2 nitrogen and oxygen atoms in total. The van der Waals surface area contributed by atoms with Gasteiger partial charge in [0.2, 0.25) is 0 Å². The molecule has 4 aliphatic rings. The van der Waals surface area contributed by atoms with Crippen molar-refractivity contribution >= 4 is 23.1 Å². The van der Waals surface area contributed by atoms with Gasteiger partial charge in [0, 0.05) is 11.8 Å². The minimum Gasteiger partial charge on any atom is -0.490 e. The number of methoxy groups -OCH3 is 1. The van der Waals surface area contributed by atoms with Crippen molar-refractivity contribution in [3.8, 4) is 0 Å². The van der Waals surface area contributed by atoms with Crippen molar-refractivity contribution in [2.45, 2.75) is 58.3 Å². The van der Waals surface area contributed by atoms with Crippen molar-refractivity contribution in [1.82, 2.24) is 0 Å². The van der Waals surface area contributed by atoms with Crippen LogP contribution < -0.4 is 0 Å². The van der Waals surface area contributed by atoms with Crippen LogP contribution >= 0.6 is 12.2 Å². The van der Waals surface area contributed by atoms with E-state index in [0.717, 1.165) is 29.7 Å². The fraction of sp³-hybridized carbons (Fsp3) is 0.714. The van der Waals surface area contributed by atoms with Gasteiger partial charge in [-0.3, -0.25) is 4.79 Å². The summed E-state index contributed by atoms with van der Waals surface area (Å²) < 4.78 is 5.38. The summed E-state index contributed by atoms with van der Waals surface area (Å²) in [7, 11) is 1.72. The Bertz CT molecular complexity index is 634. The van der Waals surface area contributed by atoms with Crippen LogP contribution in [-0.4, -0.2) is 17.9 Å². The molecular formula is C21H28O2S. The first kappa shape index (κ1) is 16.5. The van der Waals surface area contributed by atoms with E-state index in [1.807, 2.05) is 12.2 Å². The Hall–Kier alpha value is -0.960. The van der Waals surface area contributed by atoms with Crippen LogP contribution in [0.2, 0.25) is 0 Å². The van der Waals surface area contributed by atoms with Gasteiger partial charge in [0.05, 0.1) is 7.11 Å². The van der Waals surface area contributed by atoms with Gasteiger partial charge >= 0.3 is 0 Å². The smallest absolute Gasteiger partial charge is 0.178 e. The van der Waals surface area contributed by atoms with Crippen molar-refractivity contribution in [1.29, 1.82) is 0 Å². The normalized spacial score (nSPS) is 43.5. The van der Waals surface area contributed by atoms with Crippen LogP contribution in [0.1, 0.15) is 58.3 Å². The third-order valence-corrected chi connectivity index (χ3v) is 8.12. The van der Waals surface area contributed by atoms with Crippen molar-refractivity contribution in [3.05, 3.63) is 23.8 Å². The molecule has 0 bridgehead atoms. The van der Waals surface area contributed by atoms with Crippen LogP contribution in [0.4, 0.5) is 0 Å². The fourth-order valence-electron chi connectivity index (χ4n) is 6.66. The van der Waals surface area contributed by atoms with Gasteiger partial charge < -0.3 is 4.74 Å². The highest BCUT2D eigenvalue weighted by atomic mass is 32.1. The summed E-state index contributed by atoms with van der Waals surface area (Å²) in [6.07, 6.45) is 15.8. The van der Waals surface area contributed by atoms with E-state index in [0.29, 0.717) is 11.3 Å².